The fourth-order valence-electron chi connectivity index (χ4n) is 1.98. The normalized spacial score (nSPS) is 14.7. The minimum Gasteiger partial charge on any atom is -0.394 e. The largest absolute Gasteiger partial charge is 0.394 e. The molecule has 1 unspecified atom stereocenters. The summed E-state index contributed by atoms with van der Waals surface area (Å²) in [6.07, 6.45) is 0. The number of benzene rings is 1. The van der Waals surface area contributed by atoms with Crippen LogP contribution >= 0.6 is 11.8 Å². The minimum absolute atomic E-state index is 0.118. The molecule has 5 heteroatoms. The Morgan fingerprint density at radius 3 is 2.95 bits per heavy atom. The maximum atomic E-state index is 9.46. The number of rotatable bonds is 6. The summed E-state index contributed by atoms with van der Waals surface area (Å²) < 4.78 is 0. The molecule has 4 nitrogen and oxygen atoms in total. The molecule has 19 heavy (non-hydrogen) atoms. The molecule has 1 atom stereocenters. The van der Waals surface area contributed by atoms with Crippen molar-refractivity contribution in [2.45, 2.75) is 31.5 Å². The number of likely N-dealkylation sites (N-methyl/N-ethyl adjacent to an activating group) is 1. The average molecular weight is 279 g/mol. The van der Waals surface area contributed by atoms with Gasteiger partial charge in [0.15, 0.2) is 5.16 Å². The van der Waals surface area contributed by atoms with Crippen molar-refractivity contribution < 1.29 is 5.11 Å². The van der Waals surface area contributed by atoms with Crippen LogP contribution in [0.1, 0.15) is 19.4 Å². The molecule has 0 aliphatic heterocycles. The van der Waals surface area contributed by atoms with E-state index in [1.54, 1.807) is 11.8 Å². The van der Waals surface area contributed by atoms with Crippen LogP contribution in [0.5, 0.6) is 0 Å². The average Bonchev–Trinajstić information content (AvgIpc) is 2.79. The van der Waals surface area contributed by atoms with Gasteiger partial charge in [0.05, 0.1) is 17.6 Å². The first-order chi connectivity index (χ1) is 9.06. The Morgan fingerprint density at radius 2 is 2.26 bits per heavy atom. The maximum Gasteiger partial charge on any atom is 0.166 e. The lowest BCUT2D eigenvalue weighted by Crippen LogP contribution is -2.47. The summed E-state index contributed by atoms with van der Waals surface area (Å²) in [5, 5.41) is 13.7. The fraction of sp³-hybridized carbons (Fsp3) is 0.500. The van der Waals surface area contributed by atoms with E-state index in [0.29, 0.717) is 0 Å². The summed E-state index contributed by atoms with van der Waals surface area (Å²) in [7, 11) is 0. The first-order valence-corrected chi connectivity index (χ1v) is 7.50. The number of H-pyrrole nitrogens is 1. The van der Waals surface area contributed by atoms with Crippen molar-refractivity contribution in [1.82, 2.24) is 15.3 Å². The molecular weight excluding hydrogens is 258 g/mol. The number of thioether (sulfide) groups is 1. The topological polar surface area (TPSA) is 60.9 Å². The monoisotopic (exact) mass is 279 g/mol. The third kappa shape index (κ3) is 3.49. The minimum atomic E-state index is -0.270. The summed E-state index contributed by atoms with van der Waals surface area (Å²) in [5.74, 6) is 0.774. The van der Waals surface area contributed by atoms with E-state index in [1.165, 1.54) is 5.56 Å². The van der Waals surface area contributed by atoms with Crippen LogP contribution in [0.3, 0.4) is 0 Å². The van der Waals surface area contributed by atoms with Gasteiger partial charge in [-0.15, -0.1) is 0 Å². The van der Waals surface area contributed by atoms with Crippen LogP contribution < -0.4 is 5.32 Å². The third-order valence-corrected chi connectivity index (χ3v) is 4.34. The molecule has 0 amide bonds. The molecule has 104 valence electrons. The van der Waals surface area contributed by atoms with Crippen molar-refractivity contribution in [1.29, 1.82) is 0 Å². The van der Waals surface area contributed by atoms with Crippen LogP contribution in [-0.4, -0.2) is 39.5 Å². The lowest BCUT2D eigenvalue weighted by Gasteiger charge is -2.27. The molecule has 0 radical (unpaired) electrons. The van der Waals surface area contributed by atoms with Crippen LogP contribution in [0, 0.1) is 6.92 Å². The third-order valence-electron chi connectivity index (χ3n) is 3.10. The lowest BCUT2D eigenvalue weighted by molar-refractivity contribution is 0.194. The number of hydrogen-bond donors (Lipinski definition) is 3. The van der Waals surface area contributed by atoms with Gasteiger partial charge < -0.3 is 15.4 Å². The zero-order valence-electron chi connectivity index (χ0n) is 11.7. The maximum absolute atomic E-state index is 9.46. The second kappa shape index (κ2) is 5.94. The highest BCUT2D eigenvalue weighted by molar-refractivity contribution is 7.99. The lowest BCUT2D eigenvalue weighted by atomic mass is 10.1. The zero-order chi connectivity index (χ0) is 13.9. The van der Waals surface area contributed by atoms with Gasteiger partial charge in [-0.25, -0.2) is 4.98 Å². The highest BCUT2D eigenvalue weighted by Crippen LogP contribution is 2.23. The smallest absolute Gasteiger partial charge is 0.166 e. The fourth-order valence-corrected chi connectivity index (χ4v) is 2.97. The van der Waals surface area contributed by atoms with Crippen LogP contribution in [0.15, 0.2) is 23.4 Å². The molecular formula is C14H21N3OS. The van der Waals surface area contributed by atoms with Gasteiger partial charge >= 0.3 is 0 Å². The molecule has 1 heterocycles. The van der Waals surface area contributed by atoms with Crippen LogP contribution in [-0.2, 0) is 0 Å². The summed E-state index contributed by atoms with van der Waals surface area (Å²) in [4.78, 5) is 7.87. The molecule has 3 N–H and O–H groups in total. The number of aliphatic hydroxyl groups is 1. The Balaban J connectivity index is 2.09. The van der Waals surface area contributed by atoms with Crippen molar-refractivity contribution in [3.05, 3.63) is 23.8 Å². The summed E-state index contributed by atoms with van der Waals surface area (Å²) >= 11 is 1.63. The summed E-state index contributed by atoms with van der Waals surface area (Å²) in [6, 6.07) is 6.19. The van der Waals surface area contributed by atoms with Gasteiger partial charge in [0.1, 0.15) is 0 Å². The number of nitrogens with zero attached hydrogens (tertiary/aromatic N) is 1. The number of aliphatic hydroxyl groups excluding tert-OH is 1. The summed E-state index contributed by atoms with van der Waals surface area (Å²) in [5.41, 5.74) is 3.01. The van der Waals surface area contributed by atoms with Crippen molar-refractivity contribution in [2.24, 2.45) is 0 Å². The zero-order valence-corrected chi connectivity index (χ0v) is 12.5. The molecule has 0 saturated heterocycles. The number of aromatic nitrogens is 2. The van der Waals surface area contributed by atoms with Crippen molar-refractivity contribution in [3.63, 3.8) is 0 Å². The van der Waals surface area contributed by atoms with Gasteiger partial charge in [-0.05, 0) is 38.1 Å². The SMILES string of the molecule is CCNC(C)(CO)CSc1nc2ccc(C)cc2[nH]1. The first kappa shape index (κ1) is 14.4. The van der Waals surface area contributed by atoms with Gasteiger partial charge in [-0.1, -0.05) is 24.8 Å². The van der Waals surface area contributed by atoms with E-state index in [1.807, 2.05) is 19.9 Å². The number of fused-ring (bicyclic) bond motifs is 1. The van der Waals surface area contributed by atoms with E-state index in [2.05, 4.69) is 34.3 Å². The molecule has 1 aromatic heterocycles. The Kier molecular flexibility index (Phi) is 4.50. The predicted octanol–water partition coefficient (Wildman–Crippen LogP) is 2.32. The van der Waals surface area contributed by atoms with E-state index < -0.39 is 0 Å². The van der Waals surface area contributed by atoms with E-state index in [0.717, 1.165) is 28.5 Å². The highest BCUT2D eigenvalue weighted by atomic mass is 32.2. The van der Waals surface area contributed by atoms with Crippen molar-refractivity contribution in [2.75, 3.05) is 18.9 Å². The van der Waals surface area contributed by atoms with Crippen LogP contribution in [0.25, 0.3) is 11.0 Å². The number of nitrogens with one attached hydrogen (secondary N) is 2. The van der Waals surface area contributed by atoms with E-state index in [-0.39, 0.29) is 12.1 Å². The Morgan fingerprint density at radius 1 is 1.47 bits per heavy atom. The second-order valence-electron chi connectivity index (χ2n) is 5.10. The molecule has 2 rings (SSSR count). The van der Waals surface area contributed by atoms with Crippen LogP contribution in [0.2, 0.25) is 0 Å². The molecule has 0 aliphatic rings. The molecule has 2 aromatic rings. The van der Waals surface area contributed by atoms with E-state index in [9.17, 15) is 5.11 Å². The quantitative estimate of drug-likeness (QED) is 0.710. The molecule has 0 saturated carbocycles. The number of aromatic amines is 1. The highest BCUT2D eigenvalue weighted by Gasteiger charge is 2.22. The number of imidazole rings is 1. The number of aryl methyl sites for hydroxylation is 1. The Labute approximate surface area is 118 Å². The predicted molar refractivity (Wildman–Crippen MR) is 80.7 cm³/mol. The Bertz CT molecular complexity index is 555. The summed E-state index contributed by atoms with van der Waals surface area (Å²) in [6.45, 7) is 7.10. The second-order valence-corrected chi connectivity index (χ2v) is 6.06. The standard InChI is InChI=1S/C14H21N3OS/c1-4-15-14(3,8-18)9-19-13-16-11-6-5-10(2)7-12(11)17-13/h5-7,15,18H,4,8-9H2,1-3H3,(H,16,17). The van der Waals surface area contributed by atoms with Crippen molar-refractivity contribution >= 4 is 22.8 Å². The Hall–Kier alpha value is -1.04. The van der Waals surface area contributed by atoms with Crippen molar-refractivity contribution in [3.8, 4) is 0 Å². The molecule has 0 spiro atoms. The van der Waals surface area contributed by atoms with Gasteiger partial charge in [0.25, 0.3) is 0 Å². The molecule has 1 aromatic carbocycles. The van der Waals surface area contributed by atoms with E-state index >= 15 is 0 Å². The van der Waals surface area contributed by atoms with Gasteiger partial charge in [0, 0.05) is 11.3 Å². The van der Waals surface area contributed by atoms with Gasteiger partial charge in [0.2, 0.25) is 0 Å². The molecule has 0 bridgehead atoms. The van der Waals surface area contributed by atoms with Gasteiger partial charge in [-0.2, -0.15) is 0 Å². The first-order valence-electron chi connectivity index (χ1n) is 6.51. The molecule has 0 aliphatic carbocycles. The number of hydrogen-bond acceptors (Lipinski definition) is 4. The molecule has 0 fully saturated rings. The van der Waals surface area contributed by atoms with Gasteiger partial charge in [-0.3, -0.25) is 0 Å². The van der Waals surface area contributed by atoms with E-state index in [4.69, 9.17) is 0 Å². The van der Waals surface area contributed by atoms with Crippen LogP contribution in [0.4, 0.5) is 0 Å².